The fraction of sp³-hybridized carbons (Fsp3) is 0.500. The molecule has 0 radical (unpaired) electrons. The Morgan fingerprint density at radius 3 is 2.69 bits per heavy atom. The smallest absolute Gasteiger partial charge is 0.129 e. The van der Waals surface area contributed by atoms with Gasteiger partial charge < -0.3 is 18.6 Å². The molecule has 2 heterocycles. The van der Waals surface area contributed by atoms with Gasteiger partial charge in [0.15, 0.2) is 0 Å². The lowest BCUT2D eigenvalue weighted by molar-refractivity contribution is -0.0885. The maximum Gasteiger partial charge on any atom is 0.129 e. The van der Waals surface area contributed by atoms with Crippen molar-refractivity contribution < 1.29 is 18.6 Å². The summed E-state index contributed by atoms with van der Waals surface area (Å²) in [6.07, 6.45) is 11.9. The minimum absolute atomic E-state index is 0.0218. The van der Waals surface area contributed by atoms with Gasteiger partial charge in [-0.25, -0.2) is 0 Å². The molecule has 2 unspecified atom stereocenters. The summed E-state index contributed by atoms with van der Waals surface area (Å²) in [5.74, 6) is 5.62. The fourth-order valence-corrected chi connectivity index (χ4v) is 5.51. The molecule has 1 aromatic heterocycles. The van der Waals surface area contributed by atoms with Crippen molar-refractivity contribution >= 4 is 0 Å². The van der Waals surface area contributed by atoms with Crippen molar-refractivity contribution in [2.24, 2.45) is 11.8 Å². The Morgan fingerprint density at radius 1 is 1.08 bits per heavy atom. The van der Waals surface area contributed by atoms with E-state index in [9.17, 15) is 0 Å². The van der Waals surface area contributed by atoms with Gasteiger partial charge in [0, 0.05) is 31.3 Å². The highest BCUT2D eigenvalue weighted by Gasteiger charge is 2.31. The molecule has 2 fully saturated rings. The number of rotatable bonds is 9. The zero-order valence-corrected chi connectivity index (χ0v) is 21.8. The molecule has 1 saturated heterocycles. The van der Waals surface area contributed by atoms with Gasteiger partial charge >= 0.3 is 0 Å². The molecule has 1 aliphatic heterocycles. The maximum absolute atomic E-state index is 6.37. The van der Waals surface area contributed by atoms with Gasteiger partial charge in [0.1, 0.15) is 41.9 Å². The summed E-state index contributed by atoms with van der Waals surface area (Å²) >= 11 is 0. The molecule has 2 aromatic rings. The molecule has 36 heavy (non-hydrogen) atoms. The zero-order chi connectivity index (χ0) is 24.9. The maximum atomic E-state index is 6.37. The summed E-state index contributed by atoms with van der Waals surface area (Å²) in [6, 6.07) is 14.5. The van der Waals surface area contributed by atoms with Gasteiger partial charge in [-0.1, -0.05) is 69.2 Å². The quantitative estimate of drug-likeness (QED) is 0.337. The van der Waals surface area contributed by atoms with E-state index in [-0.39, 0.29) is 18.1 Å². The first-order valence-corrected chi connectivity index (χ1v) is 13.7. The Balaban J connectivity index is 1.12. The third-order valence-electron chi connectivity index (χ3n) is 8.01. The van der Waals surface area contributed by atoms with E-state index in [4.69, 9.17) is 18.6 Å². The molecule has 3 aliphatic rings. The molecule has 1 saturated carbocycles. The standard InChI is InChI=1S/C32H40O4/c1-22-9-11-25(12-10-22)18-28-14-15-30(35-28)24(3)23(2)17-29-21-34-31-16-13-27(19-32(31)36-29)33-20-26-7-5-4-6-8-26/h4-8,13-15,19,22,24-25,29,31H,2,9-12,16-18,20-21H2,1,3H3/t22?,24?,25?,29-,31?/m1/s1. The topological polar surface area (TPSA) is 40.8 Å². The Kier molecular flexibility index (Phi) is 8.01. The lowest BCUT2D eigenvalue weighted by atomic mass is 9.81. The second-order valence-corrected chi connectivity index (χ2v) is 10.9. The Morgan fingerprint density at radius 2 is 1.89 bits per heavy atom. The zero-order valence-electron chi connectivity index (χ0n) is 21.8. The number of allylic oxidation sites excluding steroid dienone is 1. The monoisotopic (exact) mass is 488 g/mol. The van der Waals surface area contributed by atoms with Crippen LogP contribution in [0.25, 0.3) is 0 Å². The second kappa shape index (κ2) is 11.6. The highest BCUT2D eigenvalue weighted by molar-refractivity contribution is 5.26. The van der Waals surface area contributed by atoms with E-state index in [2.05, 4.69) is 50.8 Å². The number of fused-ring (bicyclic) bond motifs is 1. The summed E-state index contributed by atoms with van der Waals surface area (Å²) in [5.41, 5.74) is 2.26. The number of hydrogen-bond donors (Lipinski definition) is 0. The van der Waals surface area contributed by atoms with Gasteiger partial charge in [0.05, 0.1) is 6.61 Å². The van der Waals surface area contributed by atoms with Crippen molar-refractivity contribution in [3.05, 3.63) is 95.4 Å². The van der Waals surface area contributed by atoms with Crippen LogP contribution < -0.4 is 0 Å². The number of benzene rings is 1. The highest BCUT2D eigenvalue weighted by Crippen LogP contribution is 2.35. The summed E-state index contributed by atoms with van der Waals surface area (Å²) in [7, 11) is 0. The van der Waals surface area contributed by atoms with Crippen LogP contribution in [-0.2, 0) is 27.2 Å². The number of hydrogen-bond acceptors (Lipinski definition) is 4. The van der Waals surface area contributed by atoms with Crippen LogP contribution in [0.3, 0.4) is 0 Å². The first kappa shape index (κ1) is 25.0. The normalized spacial score (nSPS) is 26.7. The van der Waals surface area contributed by atoms with Gasteiger partial charge in [0.2, 0.25) is 0 Å². The van der Waals surface area contributed by atoms with Gasteiger partial charge in [0.25, 0.3) is 0 Å². The Hall–Kier alpha value is -2.72. The van der Waals surface area contributed by atoms with Crippen molar-refractivity contribution in [2.45, 2.75) is 83.5 Å². The molecule has 0 spiro atoms. The first-order chi connectivity index (χ1) is 17.5. The minimum Gasteiger partial charge on any atom is -0.489 e. The van der Waals surface area contributed by atoms with E-state index in [1.54, 1.807) is 0 Å². The summed E-state index contributed by atoms with van der Waals surface area (Å²) in [4.78, 5) is 0. The van der Waals surface area contributed by atoms with Crippen LogP contribution >= 0.6 is 0 Å². The van der Waals surface area contributed by atoms with E-state index in [0.717, 1.165) is 65.3 Å². The minimum atomic E-state index is -0.0467. The lowest BCUT2D eigenvalue weighted by Crippen LogP contribution is -2.35. The molecule has 1 aromatic carbocycles. The average Bonchev–Trinajstić information content (AvgIpc) is 3.37. The van der Waals surface area contributed by atoms with Crippen molar-refractivity contribution in [2.75, 3.05) is 6.61 Å². The van der Waals surface area contributed by atoms with Crippen molar-refractivity contribution in [1.29, 1.82) is 0 Å². The Bertz CT molecular complexity index is 1070. The molecule has 0 N–H and O–H groups in total. The van der Waals surface area contributed by atoms with Crippen molar-refractivity contribution in [1.82, 2.24) is 0 Å². The average molecular weight is 489 g/mol. The summed E-state index contributed by atoms with van der Waals surface area (Å²) in [5, 5.41) is 0. The van der Waals surface area contributed by atoms with E-state index in [1.165, 1.54) is 25.7 Å². The highest BCUT2D eigenvalue weighted by atomic mass is 16.6. The number of furan rings is 1. The third kappa shape index (κ3) is 6.34. The summed E-state index contributed by atoms with van der Waals surface area (Å²) in [6.45, 7) is 10.1. The summed E-state index contributed by atoms with van der Waals surface area (Å²) < 4.78 is 24.8. The molecule has 4 heteroatoms. The van der Waals surface area contributed by atoms with Gasteiger partial charge in [-0.3, -0.25) is 0 Å². The molecular formula is C32H40O4. The van der Waals surface area contributed by atoms with Crippen molar-refractivity contribution in [3.8, 4) is 0 Å². The Labute approximate surface area is 216 Å². The molecule has 4 nitrogen and oxygen atoms in total. The van der Waals surface area contributed by atoms with Crippen LogP contribution in [0.5, 0.6) is 0 Å². The molecule has 0 bridgehead atoms. The molecule has 5 rings (SSSR count). The van der Waals surface area contributed by atoms with Gasteiger partial charge in [-0.2, -0.15) is 0 Å². The van der Waals surface area contributed by atoms with Crippen molar-refractivity contribution in [3.63, 3.8) is 0 Å². The van der Waals surface area contributed by atoms with Crippen LogP contribution in [0.15, 0.2) is 82.7 Å². The molecule has 192 valence electrons. The predicted molar refractivity (Wildman–Crippen MR) is 142 cm³/mol. The van der Waals surface area contributed by atoms with Gasteiger partial charge in [-0.15, -0.1) is 0 Å². The van der Waals surface area contributed by atoms with E-state index >= 15 is 0 Å². The lowest BCUT2D eigenvalue weighted by Gasteiger charge is -2.34. The van der Waals surface area contributed by atoms with E-state index < -0.39 is 0 Å². The SMILES string of the molecule is C=C(C[C@@H]1COC2CC=C(OCc3ccccc3)C=C2O1)C(C)c1ccc(CC2CCC(C)CC2)o1. The molecular weight excluding hydrogens is 448 g/mol. The van der Waals surface area contributed by atoms with Crippen LogP contribution in [0.1, 0.15) is 75.4 Å². The molecule has 0 amide bonds. The van der Waals surface area contributed by atoms with Crippen LogP contribution in [0.4, 0.5) is 0 Å². The van der Waals surface area contributed by atoms with Crippen LogP contribution in [-0.4, -0.2) is 18.8 Å². The van der Waals surface area contributed by atoms with Crippen LogP contribution in [0, 0.1) is 11.8 Å². The van der Waals surface area contributed by atoms with Gasteiger partial charge in [-0.05, 0) is 48.4 Å². The number of ether oxygens (including phenoxy) is 3. The largest absolute Gasteiger partial charge is 0.489 e. The van der Waals surface area contributed by atoms with E-state index in [0.29, 0.717) is 13.2 Å². The predicted octanol–water partition coefficient (Wildman–Crippen LogP) is 7.87. The third-order valence-corrected chi connectivity index (χ3v) is 8.01. The molecule has 2 aliphatic carbocycles. The second-order valence-electron chi connectivity index (χ2n) is 10.9. The van der Waals surface area contributed by atoms with E-state index in [1.807, 2.05) is 24.3 Å². The first-order valence-electron chi connectivity index (χ1n) is 13.7. The van der Waals surface area contributed by atoms with Crippen LogP contribution in [0.2, 0.25) is 0 Å². The molecule has 3 atom stereocenters. The fourth-order valence-electron chi connectivity index (χ4n) is 5.51.